The summed E-state index contributed by atoms with van der Waals surface area (Å²) in [4.78, 5) is 25.6. The number of hydrogen-bond acceptors (Lipinski definition) is 3. The molecule has 0 saturated carbocycles. The van der Waals surface area contributed by atoms with Gasteiger partial charge in [-0.25, -0.2) is 0 Å². The fourth-order valence-corrected chi connectivity index (χ4v) is 3.19. The summed E-state index contributed by atoms with van der Waals surface area (Å²) in [6, 6.07) is 11.5. The Morgan fingerprint density at radius 2 is 1.82 bits per heavy atom. The summed E-state index contributed by atoms with van der Waals surface area (Å²) in [6.07, 6.45) is -4.23. The Balaban J connectivity index is 1.83. The molecule has 3 rings (SSSR count). The molecular formula is C20H19F3N2O3. The Hall–Kier alpha value is -2.87. The van der Waals surface area contributed by atoms with Crippen LogP contribution in [-0.4, -0.2) is 41.0 Å². The number of hydrogen-bond donors (Lipinski definition) is 2. The van der Waals surface area contributed by atoms with Gasteiger partial charge in [0.05, 0.1) is 11.7 Å². The lowest BCUT2D eigenvalue weighted by molar-refractivity contribution is -0.145. The topological polar surface area (TPSA) is 69.6 Å². The highest BCUT2D eigenvalue weighted by Gasteiger charge is 2.34. The smallest absolute Gasteiger partial charge is 0.391 e. The lowest BCUT2D eigenvalue weighted by Gasteiger charge is -2.29. The summed E-state index contributed by atoms with van der Waals surface area (Å²) < 4.78 is 40.6. The number of likely N-dealkylation sites (tertiary alicyclic amines) is 1. The number of carbonyl (C=O) groups is 2. The maximum absolute atomic E-state index is 13.5. The third kappa shape index (κ3) is 4.51. The predicted octanol–water partition coefficient (Wildman–Crippen LogP) is 3.29. The van der Waals surface area contributed by atoms with Crippen molar-refractivity contribution in [1.29, 1.82) is 0 Å². The van der Waals surface area contributed by atoms with Gasteiger partial charge in [-0.1, -0.05) is 36.4 Å². The first kappa shape index (κ1) is 19.9. The minimum Gasteiger partial charge on any atom is -0.391 e. The number of nitrogens with zero attached hydrogens (tertiary/aromatic N) is 1. The third-order valence-electron chi connectivity index (χ3n) is 4.55. The van der Waals surface area contributed by atoms with E-state index < -0.39 is 29.7 Å². The van der Waals surface area contributed by atoms with Crippen LogP contribution in [0.5, 0.6) is 0 Å². The van der Waals surface area contributed by atoms with E-state index in [1.807, 2.05) is 0 Å². The number of aliphatic hydroxyl groups excluding tert-OH is 1. The SMILES string of the molecule is O=C(Nc1ccc(-c2ccccc2)c(C(F)(F)F)c1)C(=O)N1CCCC(O)C1. The van der Waals surface area contributed by atoms with E-state index in [4.69, 9.17) is 0 Å². The minimum atomic E-state index is -4.63. The van der Waals surface area contributed by atoms with Crippen LogP contribution in [0.2, 0.25) is 0 Å². The molecule has 28 heavy (non-hydrogen) atoms. The van der Waals surface area contributed by atoms with Crippen LogP contribution in [0.3, 0.4) is 0 Å². The van der Waals surface area contributed by atoms with Crippen LogP contribution in [0.15, 0.2) is 48.5 Å². The molecule has 1 saturated heterocycles. The first-order chi connectivity index (χ1) is 13.3. The molecule has 2 N–H and O–H groups in total. The van der Waals surface area contributed by atoms with Gasteiger partial charge in [-0.15, -0.1) is 0 Å². The van der Waals surface area contributed by atoms with Gasteiger partial charge in [-0.2, -0.15) is 13.2 Å². The molecule has 0 bridgehead atoms. The van der Waals surface area contributed by atoms with Crippen LogP contribution in [0, 0.1) is 0 Å². The van der Waals surface area contributed by atoms with E-state index in [9.17, 15) is 27.9 Å². The number of anilines is 1. The number of piperidine rings is 1. The Morgan fingerprint density at radius 1 is 1.11 bits per heavy atom. The highest BCUT2D eigenvalue weighted by Crippen LogP contribution is 2.38. The Bertz CT molecular complexity index is 869. The molecule has 2 aromatic rings. The molecule has 1 atom stereocenters. The summed E-state index contributed by atoms with van der Waals surface area (Å²) in [7, 11) is 0. The van der Waals surface area contributed by atoms with E-state index in [1.165, 1.54) is 17.0 Å². The molecule has 0 aliphatic carbocycles. The monoisotopic (exact) mass is 392 g/mol. The van der Waals surface area contributed by atoms with Gasteiger partial charge in [0.1, 0.15) is 0 Å². The minimum absolute atomic E-state index is 0.0171. The van der Waals surface area contributed by atoms with Gasteiger partial charge in [0.15, 0.2) is 0 Å². The van der Waals surface area contributed by atoms with Crippen molar-refractivity contribution in [3.63, 3.8) is 0 Å². The number of nitrogens with one attached hydrogen (secondary N) is 1. The van der Waals surface area contributed by atoms with E-state index in [1.54, 1.807) is 30.3 Å². The summed E-state index contributed by atoms with van der Waals surface area (Å²) in [6.45, 7) is 0.358. The fourth-order valence-electron chi connectivity index (χ4n) is 3.19. The van der Waals surface area contributed by atoms with Gasteiger partial charge in [0.2, 0.25) is 0 Å². The molecule has 1 heterocycles. The van der Waals surface area contributed by atoms with Gasteiger partial charge in [-0.3, -0.25) is 9.59 Å². The molecule has 1 fully saturated rings. The highest BCUT2D eigenvalue weighted by atomic mass is 19.4. The third-order valence-corrected chi connectivity index (χ3v) is 4.55. The number of benzene rings is 2. The van der Waals surface area contributed by atoms with Gasteiger partial charge in [0, 0.05) is 18.8 Å². The molecule has 2 aromatic carbocycles. The van der Waals surface area contributed by atoms with Crippen LogP contribution < -0.4 is 5.32 Å². The summed E-state index contributed by atoms with van der Waals surface area (Å²) in [5.41, 5.74) is -0.650. The Kier molecular flexibility index (Phi) is 5.69. The number of amides is 2. The lowest BCUT2D eigenvalue weighted by Crippen LogP contribution is -2.46. The molecule has 1 unspecified atom stereocenters. The number of β-amino-alcohol motifs (C(OH)–C–C–N with tert-alkyl or cyclic N) is 1. The van der Waals surface area contributed by atoms with Crippen molar-refractivity contribution < 1.29 is 27.9 Å². The van der Waals surface area contributed by atoms with E-state index in [0.29, 0.717) is 24.9 Å². The van der Waals surface area contributed by atoms with E-state index >= 15 is 0 Å². The van der Waals surface area contributed by atoms with Crippen molar-refractivity contribution >= 4 is 17.5 Å². The van der Waals surface area contributed by atoms with Crippen molar-refractivity contribution in [3.8, 4) is 11.1 Å². The van der Waals surface area contributed by atoms with E-state index in [2.05, 4.69) is 5.32 Å². The normalized spacial score (nSPS) is 17.3. The zero-order valence-electron chi connectivity index (χ0n) is 14.9. The lowest BCUT2D eigenvalue weighted by atomic mass is 9.98. The van der Waals surface area contributed by atoms with Crippen molar-refractivity contribution in [2.45, 2.75) is 25.1 Å². The zero-order valence-corrected chi connectivity index (χ0v) is 14.9. The largest absolute Gasteiger partial charge is 0.417 e. The van der Waals surface area contributed by atoms with Crippen molar-refractivity contribution in [3.05, 3.63) is 54.1 Å². The van der Waals surface area contributed by atoms with E-state index in [-0.39, 0.29) is 17.8 Å². The first-order valence-corrected chi connectivity index (χ1v) is 8.80. The van der Waals surface area contributed by atoms with Crippen LogP contribution in [0.25, 0.3) is 11.1 Å². The van der Waals surface area contributed by atoms with Gasteiger partial charge in [-0.05, 0) is 36.1 Å². The fraction of sp³-hybridized carbons (Fsp3) is 0.300. The second kappa shape index (κ2) is 8.02. The summed E-state index contributed by atoms with van der Waals surface area (Å²) in [5.74, 6) is -1.91. The van der Waals surface area contributed by atoms with Gasteiger partial charge in [0.25, 0.3) is 0 Å². The zero-order chi connectivity index (χ0) is 20.3. The number of carbonyl (C=O) groups excluding carboxylic acids is 2. The van der Waals surface area contributed by atoms with E-state index in [0.717, 1.165) is 6.07 Å². The van der Waals surface area contributed by atoms with Crippen LogP contribution in [0.4, 0.5) is 18.9 Å². The van der Waals surface area contributed by atoms with Crippen LogP contribution >= 0.6 is 0 Å². The van der Waals surface area contributed by atoms with Crippen molar-refractivity contribution in [1.82, 2.24) is 4.90 Å². The molecule has 1 aliphatic rings. The molecule has 148 valence electrons. The number of aliphatic hydroxyl groups is 1. The maximum Gasteiger partial charge on any atom is 0.417 e. The van der Waals surface area contributed by atoms with Crippen molar-refractivity contribution in [2.75, 3.05) is 18.4 Å². The average Bonchev–Trinajstić information content (AvgIpc) is 2.67. The molecular weight excluding hydrogens is 373 g/mol. The second-order valence-electron chi connectivity index (χ2n) is 6.63. The van der Waals surface area contributed by atoms with Crippen LogP contribution in [0.1, 0.15) is 18.4 Å². The molecule has 2 amide bonds. The van der Waals surface area contributed by atoms with Gasteiger partial charge < -0.3 is 15.3 Å². The second-order valence-corrected chi connectivity index (χ2v) is 6.63. The first-order valence-electron chi connectivity index (χ1n) is 8.80. The number of halogens is 3. The van der Waals surface area contributed by atoms with Gasteiger partial charge >= 0.3 is 18.0 Å². The standard InChI is InChI=1S/C20H19F3N2O3/c21-20(22,23)17-11-14(8-9-16(17)13-5-2-1-3-6-13)24-18(27)19(28)25-10-4-7-15(26)12-25/h1-3,5-6,8-9,11,15,26H,4,7,10,12H2,(H,24,27). The summed E-state index contributed by atoms with van der Waals surface area (Å²) >= 11 is 0. The van der Waals surface area contributed by atoms with Crippen molar-refractivity contribution in [2.24, 2.45) is 0 Å². The molecule has 0 aromatic heterocycles. The summed E-state index contributed by atoms with van der Waals surface area (Å²) in [5, 5.41) is 11.8. The number of alkyl halides is 3. The maximum atomic E-state index is 13.5. The Labute approximate surface area is 159 Å². The molecule has 8 heteroatoms. The molecule has 0 spiro atoms. The highest BCUT2D eigenvalue weighted by molar-refractivity contribution is 6.39. The molecule has 0 radical (unpaired) electrons. The number of rotatable bonds is 2. The van der Waals surface area contributed by atoms with Crippen LogP contribution in [-0.2, 0) is 15.8 Å². The average molecular weight is 392 g/mol. The Morgan fingerprint density at radius 3 is 2.46 bits per heavy atom. The molecule has 1 aliphatic heterocycles. The quantitative estimate of drug-likeness (QED) is 0.771. The predicted molar refractivity (Wildman–Crippen MR) is 97.3 cm³/mol. The molecule has 5 nitrogen and oxygen atoms in total.